The van der Waals surface area contributed by atoms with Crippen molar-refractivity contribution in [2.75, 3.05) is 5.32 Å². The fourth-order valence-corrected chi connectivity index (χ4v) is 3.03. The van der Waals surface area contributed by atoms with Crippen LogP contribution < -0.4 is 10.1 Å². The van der Waals surface area contributed by atoms with Gasteiger partial charge in [0, 0.05) is 17.2 Å². The first-order valence-electron chi connectivity index (χ1n) is 9.14. The molecule has 0 saturated heterocycles. The van der Waals surface area contributed by atoms with E-state index >= 15 is 0 Å². The molecule has 1 aliphatic heterocycles. The second-order valence-corrected chi connectivity index (χ2v) is 7.80. The molecule has 2 N–H and O–H groups in total. The Morgan fingerprint density at radius 3 is 2.72 bits per heavy atom. The van der Waals surface area contributed by atoms with Crippen LogP contribution in [-0.4, -0.2) is 27.8 Å². The summed E-state index contributed by atoms with van der Waals surface area (Å²) in [5.74, 6) is -0.390. The number of hydrogen-bond acceptors (Lipinski definition) is 5. The number of halogens is 1. The molecule has 0 aliphatic carbocycles. The van der Waals surface area contributed by atoms with Crippen molar-refractivity contribution in [2.24, 2.45) is 0 Å². The molecule has 2 aromatic carbocycles. The Bertz CT molecular complexity index is 955. The lowest BCUT2D eigenvalue weighted by molar-refractivity contribution is 0.0635. The maximum Gasteiger partial charge on any atom is 0.416 e. The van der Waals surface area contributed by atoms with Crippen molar-refractivity contribution in [3.8, 4) is 11.5 Å². The smallest absolute Gasteiger partial charge is 0.416 e. The highest BCUT2D eigenvalue weighted by atomic mass is 19.1. The molecule has 0 saturated carbocycles. The minimum Gasteiger partial charge on any atom is -0.508 e. The highest BCUT2D eigenvalue weighted by molar-refractivity contribution is 5.85. The van der Waals surface area contributed by atoms with E-state index in [2.05, 4.69) is 5.32 Å². The summed E-state index contributed by atoms with van der Waals surface area (Å²) in [5, 5.41) is 12.0. The number of nitrogens with zero attached hydrogens (tertiary/aromatic N) is 1. The van der Waals surface area contributed by atoms with E-state index in [0.29, 0.717) is 5.56 Å². The number of anilines is 1. The average molecular weight is 402 g/mol. The Morgan fingerprint density at radius 1 is 1.31 bits per heavy atom. The van der Waals surface area contributed by atoms with Gasteiger partial charge < -0.3 is 14.6 Å². The number of amides is 2. The molecule has 1 aliphatic rings. The van der Waals surface area contributed by atoms with Gasteiger partial charge in [0.2, 0.25) is 0 Å². The second-order valence-electron chi connectivity index (χ2n) is 7.80. The fourth-order valence-electron chi connectivity index (χ4n) is 3.03. The molecular formula is C21H23FN2O5. The molecule has 0 aromatic heterocycles. The average Bonchev–Trinajstić information content (AvgIpc) is 2.59. The summed E-state index contributed by atoms with van der Waals surface area (Å²) in [4.78, 5) is 25.7. The maximum atomic E-state index is 14.9. The Morgan fingerprint density at radius 2 is 2.03 bits per heavy atom. The van der Waals surface area contributed by atoms with Crippen LogP contribution in [0.1, 0.15) is 44.9 Å². The number of rotatable bonds is 3. The van der Waals surface area contributed by atoms with Crippen molar-refractivity contribution >= 4 is 17.9 Å². The van der Waals surface area contributed by atoms with E-state index in [1.54, 1.807) is 39.8 Å². The lowest BCUT2D eigenvalue weighted by Crippen LogP contribution is -2.39. The van der Waals surface area contributed by atoms with Crippen LogP contribution in [0.4, 0.5) is 19.7 Å². The summed E-state index contributed by atoms with van der Waals surface area (Å²) in [6.45, 7) is 6.86. The number of aromatic hydroxyl groups is 1. The molecule has 2 amide bonds. The van der Waals surface area contributed by atoms with Crippen molar-refractivity contribution in [1.29, 1.82) is 0 Å². The van der Waals surface area contributed by atoms with Gasteiger partial charge in [-0.05, 0) is 45.9 Å². The molecular weight excluding hydrogens is 379 g/mol. The summed E-state index contributed by atoms with van der Waals surface area (Å²) in [6.07, 6.45) is -1.42. The van der Waals surface area contributed by atoms with E-state index in [4.69, 9.17) is 9.47 Å². The number of ether oxygens (including phenoxy) is 2. The minimum atomic E-state index is -0.770. The van der Waals surface area contributed by atoms with E-state index < -0.39 is 29.6 Å². The first-order chi connectivity index (χ1) is 13.5. The van der Waals surface area contributed by atoms with Crippen LogP contribution in [0, 0.1) is 5.82 Å². The van der Waals surface area contributed by atoms with E-state index in [1.807, 2.05) is 0 Å². The van der Waals surface area contributed by atoms with Gasteiger partial charge in [-0.25, -0.2) is 14.0 Å². The number of benzene rings is 2. The van der Waals surface area contributed by atoms with Crippen LogP contribution >= 0.6 is 0 Å². The Balaban J connectivity index is 1.81. The monoisotopic (exact) mass is 402 g/mol. The van der Waals surface area contributed by atoms with Gasteiger partial charge in [-0.1, -0.05) is 12.1 Å². The number of hydrogen-bond donors (Lipinski definition) is 2. The molecule has 1 unspecified atom stereocenters. The molecule has 0 spiro atoms. The zero-order valence-electron chi connectivity index (χ0n) is 16.7. The van der Waals surface area contributed by atoms with Crippen LogP contribution in [0.5, 0.6) is 11.5 Å². The van der Waals surface area contributed by atoms with Crippen LogP contribution in [0.2, 0.25) is 0 Å². The summed E-state index contributed by atoms with van der Waals surface area (Å²) >= 11 is 0. The van der Waals surface area contributed by atoms with Gasteiger partial charge in [0.1, 0.15) is 17.1 Å². The van der Waals surface area contributed by atoms with Gasteiger partial charge in [0.05, 0.1) is 18.3 Å². The van der Waals surface area contributed by atoms with Gasteiger partial charge in [0.15, 0.2) is 5.82 Å². The van der Waals surface area contributed by atoms with E-state index in [-0.39, 0.29) is 29.3 Å². The molecule has 1 heterocycles. The molecule has 29 heavy (non-hydrogen) atoms. The Hall–Kier alpha value is -3.29. The predicted molar refractivity (Wildman–Crippen MR) is 104 cm³/mol. The number of nitrogens with one attached hydrogen (secondary N) is 1. The molecule has 0 bridgehead atoms. The van der Waals surface area contributed by atoms with Crippen LogP contribution in [-0.2, 0) is 11.3 Å². The molecule has 7 nitrogen and oxygen atoms in total. The van der Waals surface area contributed by atoms with Crippen molar-refractivity contribution in [1.82, 2.24) is 4.90 Å². The summed E-state index contributed by atoms with van der Waals surface area (Å²) < 4.78 is 25.4. The lowest BCUT2D eigenvalue weighted by Gasteiger charge is -2.34. The molecule has 3 rings (SSSR count). The van der Waals surface area contributed by atoms with E-state index in [9.17, 15) is 19.1 Å². The zero-order chi connectivity index (χ0) is 21.3. The van der Waals surface area contributed by atoms with E-state index in [1.165, 1.54) is 29.2 Å². The summed E-state index contributed by atoms with van der Waals surface area (Å²) in [5.41, 5.74) is 0.156. The van der Waals surface area contributed by atoms with Gasteiger partial charge in [-0.2, -0.15) is 0 Å². The SMILES string of the molecule is CC1c2ccc(O)cc2OC(=O)N1Cc1cccc(NC(=O)OC(C)(C)C)c1F. The highest BCUT2D eigenvalue weighted by Gasteiger charge is 2.32. The molecule has 0 fully saturated rings. The number of fused-ring (bicyclic) bond motifs is 1. The lowest BCUT2D eigenvalue weighted by atomic mass is 10.0. The first kappa shape index (κ1) is 20.4. The van der Waals surface area contributed by atoms with Crippen LogP contribution in [0.25, 0.3) is 0 Å². The third-order valence-corrected chi connectivity index (χ3v) is 4.40. The standard InChI is InChI=1S/C21H23FN2O5/c1-12-15-9-8-14(25)10-17(15)28-20(27)24(12)11-13-6-5-7-16(18(13)22)23-19(26)29-21(2,3)4/h5-10,12,25H,11H2,1-4H3,(H,23,26). The van der Waals surface area contributed by atoms with Gasteiger partial charge in [-0.3, -0.25) is 10.2 Å². The van der Waals surface area contributed by atoms with Crippen molar-refractivity contribution in [3.05, 3.63) is 53.3 Å². The Labute approximate surface area is 168 Å². The quantitative estimate of drug-likeness (QED) is 0.758. The fraction of sp³-hybridized carbons (Fsp3) is 0.333. The normalized spacial score (nSPS) is 16.1. The number of phenolic OH excluding ortho intramolecular Hbond substituents is 1. The maximum absolute atomic E-state index is 14.9. The summed E-state index contributed by atoms with van der Waals surface area (Å²) in [6, 6.07) is 8.66. The van der Waals surface area contributed by atoms with E-state index in [0.717, 1.165) is 0 Å². The third kappa shape index (κ3) is 4.59. The highest BCUT2D eigenvalue weighted by Crippen LogP contribution is 2.37. The molecule has 0 radical (unpaired) electrons. The van der Waals surface area contributed by atoms with Crippen LogP contribution in [0.3, 0.4) is 0 Å². The largest absolute Gasteiger partial charge is 0.508 e. The second kappa shape index (κ2) is 7.62. The van der Waals surface area contributed by atoms with Crippen LogP contribution in [0.15, 0.2) is 36.4 Å². The molecule has 2 aromatic rings. The predicted octanol–water partition coefficient (Wildman–Crippen LogP) is 4.95. The van der Waals surface area contributed by atoms with Crippen molar-refractivity contribution < 1.29 is 28.6 Å². The number of carbonyl (C=O) groups excluding carboxylic acids is 2. The zero-order valence-corrected chi connectivity index (χ0v) is 16.7. The van der Waals surface area contributed by atoms with Gasteiger partial charge in [-0.15, -0.1) is 0 Å². The van der Waals surface area contributed by atoms with Crippen molar-refractivity contribution in [3.63, 3.8) is 0 Å². The minimum absolute atomic E-state index is 0.0100. The third-order valence-electron chi connectivity index (χ3n) is 4.40. The van der Waals surface area contributed by atoms with Gasteiger partial charge in [0.25, 0.3) is 0 Å². The van der Waals surface area contributed by atoms with Crippen molar-refractivity contribution in [2.45, 2.75) is 45.9 Å². The molecule has 1 atom stereocenters. The van der Waals surface area contributed by atoms with Gasteiger partial charge >= 0.3 is 12.2 Å². The first-order valence-corrected chi connectivity index (χ1v) is 9.14. The Kier molecular flexibility index (Phi) is 5.37. The molecule has 8 heteroatoms. The summed E-state index contributed by atoms with van der Waals surface area (Å²) in [7, 11) is 0. The topological polar surface area (TPSA) is 88.1 Å². The molecule has 154 valence electrons. The number of phenols is 1. The number of carbonyl (C=O) groups is 2.